The summed E-state index contributed by atoms with van der Waals surface area (Å²) in [5, 5.41) is 16.7. The van der Waals surface area contributed by atoms with E-state index in [1.807, 2.05) is 17.8 Å². The summed E-state index contributed by atoms with van der Waals surface area (Å²) in [4.78, 5) is 3.78. The molecule has 0 aromatic carbocycles. The van der Waals surface area contributed by atoms with Crippen LogP contribution in [0.2, 0.25) is 0 Å². The van der Waals surface area contributed by atoms with Crippen LogP contribution < -0.4 is 5.32 Å². The lowest BCUT2D eigenvalue weighted by atomic mass is 10.9. The molecule has 1 aromatic rings. The molecule has 5 nitrogen and oxygen atoms in total. The lowest BCUT2D eigenvalue weighted by Crippen LogP contribution is -1.88. The maximum Gasteiger partial charge on any atom is 0.190 e. The van der Waals surface area contributed by atoms with Gasteiger partial charge in [0.25, 0.3) is 0 Å². The van der Waals surface area contributed by atoms with Crippen LogP contribution in [0.4, 0.5) is 0 Å². The molecule has 0 atom stereocenters. The van der Waals surface area contributed by atoms with Gasteiger partial charge in [-0.15, -0.1) is 0 Å². The Hall–Kier alpha value is -2.01. The zero-order valence-electron chi connectivity index (χ0n) is 6.02. The van der Waals surface area contributed by atoms with Crippen LogP contribution in [0.15, 0.2) is 18.7 Å². The van der Waals surface area contributed by atoms with Crippen LogP contribution in [0, 0.1) is 22.9 Å². The number of aryl methyl sites for hydroxylation is 1. The Bertz CT molecular complexity index is 237. The fourth-order valence-electron chi connectivity index (χ4n) is 0.351. The number of hydrogen-bond donors (Lipinski definition) is 1. The van der Waals surface area contributed by atoms with E-state index in [0.29, 0.717) is 0 Å². The highest BCUT2D eigenvalue weighted by molar-refractivity contribution is 4.77. The minimum absolute atomic E-state index is 1.41. The highest BCUT2D eigenvalue weighted by Crippen LogP contribution is 1.73. The molecule has 0 bridgehead atoms. The Kier molecular flexibility index (Phi) is 5.00. The second kappa shape index (κ2) is 6.12. The fourth-order valence-corrected chi connectivity index (χ4v) is 0.351. The van der Waals surface area contributed by atoms with Crippen molar-refractivity contribution in [3.63, 3.8) is 0 Å². The number of hydrogen-bond acceptors (Lipinski definition) is 4. The monoisotopic (exact) mass is 149 g/mol. The average Bonchev–Trinajstić information content (AvgIpc) is 2.43. The number of nitrogens with zero attached hydrogens (tertiary/aromatic N) is 4. The molecule has 0 aliphatic heterocycles. The Morgan fingerprint density at radius 2 is 2.09 bits per heavy atom. The first-order valence-corrected chi connectivity index (χ1v) is 2.76. The summed E-state index contributed by atoms with van der Waals surface area (Å²) in [5.74, 6) is 0. The van der Waals surface area contributed by atoms with E-state index < -0.39 is 0 Å². The molecule has 56 valence electrons. The van der Waals surface area contributed by atoms with Gasteiger partial charge in [-0.1, -0.05) is 0 Å². The Balaban J connectivity index is 0.000000187. The van der Waals surface area contributed by atoms with Gasteiger partial charge in [0.1, 0.15) is 0 Å². The van der Waals surface area contributed by atoms with Gasteiger partial charge in [0.2, 0.25) is 0 Å². The van der Waals surface area contributed by atoms with Crippen LogP contribution >= 0.6 is 0 Å². The second-order valence-electron chi connectivity index (χ2n) is 1.58. The standard InChI is InChI=1S/C4H6N2.C2HN3/c1-6-3-2-5-4-6;3-1-5-2-4/h2-4H,1H3;5H. The normalized spacial score (nSPS) is 6.45. The minimum atomic E-state index is 1.41. The van der Waals surface area contributed by atoms with Gasteiger partial charge in [0, 0.05) is 19.4 Å². The predicted molar refractivity (Wildman–Crippen MR) is 37.6 cm³/mol. The molecule has 1 aromatic heterocycles. The van der Waals surface area contributed by atoms with E-state index in [1.165, 1.54) is 12.4 Å². The maximum absolute atomic E-state index is 7.48. The number of nitriles is 2. The molecule has 0 radical (unpaired) electrons. The first-order chi connectivity index (χ1) is 5.31. The lowest BCUT2D eigenvalue weighted by Gasteiger charge is -1.76. The van der Waals surface area contributed by atoms with Crippen molar-refractivity contribution in [3.8, 4) is 12.4 Å². The number of rotatable bonds is 0. The van der Waals surface area contributed by atoms with Gasteiger partial charge in [-0.3, -0.25) is 0 Å². The van der Waals surface area contributed by atoms with E-state index in [1.54, 1.807) is 17.8 Å². The van der Waals surface area contributed by atoms with Gasteiger partial charge in [-0.2, -0.15) is 10.5 Å². The summed E-state index contributed by atoms with van der Waals surface area (Å²) < 4.78 is 1.89. The van der Waals surface area contributed by atoms with E-state index in [-0.39, 0.29) is 0 Å². The molecule has 0 saturated heterocycles. The molecule has 0 saturated carbocycles. The number of nitrogens with one attached hydrogen (secondary N) is 1. The summed E-state index contributed by atoms with van der Waals surface area (Å²) in [5.41, 5.74) is 0. The first-order valence-electron chi connectivity index (χ1n) is 2.76. The molecule has 0 amide bonds. The molecule has 1 heterocycles. The van der Waals surface area contributed by atoms with Crippen molar-refractivity contribution < 1.29 is 0 Å². The Morgan fingerprint density at radius 3 is 2.18 bits per heavy atom. The van der Waals surface area contributed by atoms with Gasteiger partial charge < -0.3 is 4.57 Å². The van der Waals surface area contributed by atoms with Gasteiger partial charge in [0.15, 0.2) is 12.4 Å². The number of imidazole rings is 1. The van der Waals surface area contributed by atoms with Crippen molar-refractivity contribution >= 4 is 0 Å². The summed E-state index contributed by atoms with van der Waals surface area (Å²) in [6, 6.07) is 0. The van der Waals surface area contributed by atoms with Gasteiger partial charge in [0.05, 0.1) is 6.33 Å². The smallest absolute Gasteiger partial charge is 0.190 e. The van der Waals surface area contributed by atoms with Crippen LogP contribution in [-0.4, -0.2) is 9.55 Å². The van der Waals surface area contributed by atoms with E-state index in [4.69, 9.17) is 10.5 Å². The van der Waals surface area contributed by atoms with Gasteiger partial charge >= 0.3 is 0 Å². The largest absolute Gasteiger partial charge is 0.341 e. The van der Waals surface area contributed by atoms with Crippen molar-refractivity contribution in [1.29, 1.82) is 10.5 Å². The van der Waals surface area contributed by atoms with E-state index in [2.05, 4.69) is 4.98 Å². The highest BCUT2D eigenvalue weighted by Gasteiger charge is 1.69. The van der Waals surface area contributed by atoms with E-state index in [9.17, 15) is 0 Å². The van der Waals surface area contributed by atoms with Crippen LogP contribution in [-0.2, 0) is 7.05 Å². The molecule has 0 spiro atoms. The van der Waals surface area contributed by atoms with Crippen molar-refractivity contribution in [1.82, 2.24) is 14.9 Å². The first kappa shape index (κ1) is 8.99. The molecular formula is C6H7N5. The molecule has 0 fully saturated rings. The molecule has 1 rings (SSSR count). The third kappa shape index (κ3) is 5.87. The van der Waals surface area contributed by atoms with Crippen molar-refractivity contribution in [2.45, 2.75) is 0 Å². The van der Waals surface area contributed by atoms with Crippen LogP contribution in [0.1, 0.15) is 0 Å². The molecule has 0 unspecified atom stereocenters. The Morgan fingerprint density at radius 1 is 1.45 bits per heavy atom. The summed E-state index contributed by atoms with van der Waals surface area (Å²) >= 11 is 0. The van der Waals surface area contributed by atoms with Crippen LogP contribution in [0.25, 0.3) is 0 Å². The third-order valence-electron chi connectivity index (χ3n) is 0.748. The molecule has 0 aliphatic rings. The van der Waals surface area contributed by atoms with Crippen LogP contribution in [0.5, 0.6) is 0 Å². The summed E-state index contributed by atoms with van der Waals surface area (Å²) in [6.45, 7) is 0. The predicted octanol–water partition coefficient (Wildman–Crippen LogP) is -0.0417. The van der Waals surface area contributed by atoms with E-state index >= 15 is 0 Å². The molecule has 5 heteroatoms. The second-order valence-corrected chi connectivity index (χ2v) is 1.58. The van der Waals surface area contributed by atoms with Crippen molar-refractivity contribution in [3.05, 3.63) is 18.7 Å². The lowest BCUT2D eigenvalue weighted by molar-refractivity contribution is 0.913. The van der Waals surface area contributed by atoms with Crippen molar-refractivity contribution in [2.75, 3.05) is 0 Å². The summed E-state index contributed by atoms with van der Waals surface area (Å²) in [6.07, 6.45) is 8.20. The zero-order chi connectivity index (χ0) is 8.53. The Labute approximate surface area is 64.5 Å². The maximum atomic E-state index is 7.48. The van der Waals surface area contributed by atoms with Gasteiger partial charge in [-0.25, -0.2) is 10.3 Å². The van der Waals surface area contributed by atoms with E-state index in [0.717, 1.165) is 0 Å². The SMILES string of the molecule is Cn1ccnc1.N#CNC#N. The third-order valence-corrected chi connectivity index (χ3v) is 0.748. The highest BCUT2D eigenvalue weighted by atomic mass is 15.0. The minimum Gasteiger partial charge on any atom is -0.341 e. The zero-order valence-corrected chi connectivity index (χ0v) is 6.02. The van der Waals surface area contributed by atoms with Gasteiger partial charge in [-0.05, 0) is 0 Å². The van der Waals surface area contributed by atoms with Crippen LogP contribution in [0.3, 0.4) is 0 Å². The number of aromatic nitrogens is 2. The quantitative estimate of drug-likeness (QED) is 0.414. The molecule has 0 aliphatic carbocycles. The molecule has 11 heavy (non-hydrogen) atoms. The topological polar surface area (TPSA) is 77.4 Å². The fraction of sp³-hybridized carbons (Fsp3) is 0.167. The van der Waals surface area contributed by atoms with Crippen molar-refractivity contribution in [2.24, 2.45) is 7.05 Å². The summed E-state index contributed by atoms with van der Waals surface area (Å²) in [7, 11) is 1.94. The molecular weight excluding hydrogens is 142 g/mol. The molecule has 1 N–H and O–H groups in total. The average molecular weight is 149 g/mol.